The molecule has 7 heteroatoms. The van der Waals surface area contributed by atoms with Crippen molar-refractivity contribution >= 4 is 33.0 Å². The van der Waals surface area contributed by atoms with Crippen LogP contribution in [0.2, 0.25) is 0 Å². The molecule has 0 fully saturated rings. The molecule has 0 radical (unpaired) electrons. The largest absolute Gasteiger partial charge is 0.399 e. The number of hydrogen-bond donors (Lipinski definition) is 3. The molecule has 140 valence electrons. The topological polar surface area (TPSA) is 101 Å². The number of anilines is 3. The fraction of sp³-hybridized carbons (Fsp3) is 0.316. The number of amides is 1. The highest BCUT2D eigenvalue weighted by molar-refractivity contribution is 7.92. The Morgan fingerprint density at radius 3 is 2.46 bits per heavy atom. The van der Waals surface area contributed by atoms with Gasteiger partial charge in [-0.05, 0) is 49.1 Å². The summed E-state index contributed by atoms with van der Waals surface area (Å²) in [6.07, 6.45) is 1.37. The molecule has 0 aromatic heterocycles. The number of carbonyl (C=O) groups is 1. The van der Waals surface area contributed by atoms with Gasteiger partial charge in [0.25, 0.3) is 0 Å². The van der Waals surface area contributed by atoms with Crippen molar-refractivity contribution in [2.24, 2.45) is 0 Å². The summed E-state index contributed by atoms with van der Waals surface area (Å²) in [5.41, 5.74) is 9.24. The van der Waals surface area contributed by atoms with Crippen LogP contribution < -0.4 is 15.8 Å². The lowest BCUT2D eigenvalue weighted by atomic mass is 10.1. The first kappa shape index (κ1) is 19.8. The maximum absolute atomic E-state index is 12.3. The number of rotatable bonds is 8. The molecule has 0 atom stereocenters. The molecule has 0 aliphatic carbocycles. The molecule has 2 rings (SSSR count). The second kappa shape index (κ2) is 8.71. The molecule has 0 saturated carbocycles. The summed E-state index contributed by atoms with van der Waals surface area (Å²) in [5, 5.41) is 2.84. The Labute approximate surface area is 154 Å². The lowest BCUT2D eigenvalue weighted by Gasteiger charge is -2.14. The Morgan fingerprint density at radius 2 is 1.77 bits per heavy atom. The third-order valence-electron chi connectivity index (χ3n) is 4.02. The van der Waals surface area contributed by atoms with Crippen molar-refractivity contribution in [2.45, 2.75) is 33.1 Å². The van der Waals surface area contributed by atoms with Gasteiger partial charge in [-0.3, -0.25) is 9.52 Å². The van der Waals surface area contributed by atoms with Crippen LogP contribution in [-0.2, 0) is 21.2 Å². The van der Waals surface area contributed by atoms with Crippen LogP contribution in [0.5, 0.6) is 0 Å². The van der Waals surface area contributed by atoms with Crippen molar-refractivity contribution < 1.29 is 13.2 Å². The number of aryl methyl sites for hydroxylation is 1. The van der Waals surface area contributed by atoms with Gasteiger partial charge in [-0.15, -0.1) is 0 Å². The van der Waals surface area contributed by atoms with Crippen LogP contribution in [0.4, 0.5) is 17.1 Å². The molecule has 2 aromatic carbocycles. The first-order chi connectivity index (χ1) is 12.3. The fourth-order valence-corrected chi connectivity index (χ4v) is 3.79. The van der Waals surface area contributed by atoms with Crippen LogP contribution in [0.15, 0.2) is 42.5 Å². The SMILES string of the molecule is CCCS(=O)(=O)Nc1cccc(NC(=O)CCc2ccccc2N)c1C. The van der Waals surface area contributed by atoms with Crippen LogP contribution in [0, 0.1) is 6.92 Å². The van der Waals surface area contributed by atoms with Gasteiger partial charge in [0.2, 0.25) is 15.9 Å². The van der Waals surface area contributed by atoms with Crippen LogP contribution in [0.25, 0.3) is 0 Å². The molecule has 0 aliphatic heterocycles. The van der Waals surface area contributed by atoms with Gasteiger partial charge in [-0.2, -0.15) is 0 Å². The zero-order chi connectivity index (χ0) is 19.2. The summed E-state index contributed by atoms with van der Waals surface area (Å²) in [6.45, 7) is 3.58. The van der Waals surface area contributed by atoms with Gasteiger partial charge in [-0.1, -0.05) is 31.2 Å². The van der Waals surface area contributed by atoms with Gasteiger partial charge in [0.1, 0.15) is 0 Å². The summed E-state index contributed by atoms with van der Waals surface area (Å²) in [5.74, 6) is -0.0912. The Morgan fingerprint density at radius 1 is 1.08 bits per heavy atom. The molecule has 0 aliphatic rings. The minimum absolute atomic E-state index is 0.0571. The number of nitrogen functional groups attached to an aromatic ring is 1. The lowest BCUT2D eigenvalue weighted by Crippen LogP contribution is -2.18. The molecule has 2 aromatic rings. The Bertz CT molecular complexity index is 879. The molecule has 0 saturated heterocycles. The predicted molar refractivity (Wildman–Crippen MR) is 107 cm³/mol. The maximum atomic E-state index is 12.3. The number of hydrogen-bond acceptors (Lipinski definition) is 4. The molecule has 0 unspecified atom stereocenters. The highest BCUT2D eigenvalue weighted by atomic mass is 32.2. The summed E-state index contributed by atoms with van der Waals surface area (Å²) in [4.78, 5) is 12.3. The number of para-hydroxylation sites is 1. The van der Waals surface area contributed by atoms with Gasteiger partial charge < -0.3 is 11.1 Å². The van der Waals surface area contributed by atoms with E-state index in [0.29, 0.717) is 41.9 Å². The molecule has 4 N–H and O–H groups in total. The number of sulfonamides is 1. The van der Waals surface area contributed by atoms with E-state index in [4.69, 9.17) is 5.73 Å². The summed E-state index contributed by atoms with van der Waals surface area (Å²) >= 11 is 0. The van der Waals surface area contributed by atoms with Crippen LogP contribution in [0.1, 0.15) is 30.9 Å². The summed E-state index contributed by atoms with van der Waals surface area (Å²) < 4.78 is 26.5. The number of nitrogens with two attached hydrogens (primary N) is 1. The van der Waals surface area contributed by atoms with Gasteiger partial charge in [0.05, 0.1) is 11.4 Å². The van der Waals surface area contributed by atoms with Crippen molar-refractivity contribution in [1.82, 2.24) is 0 Å². The van der Waals surface area contributed by atoms with E-state index in [1.54, 1.807) is 25.1 Å². The van der Waals surface area contributed by atoms with Crippen molar-refractivity contribution in [1.29, 1.82) is 0 Å². The minimum atomic E-state index is -3.38. The normalized spacial score (nSPS) is 11.2. The first-order valence-electron chi connectivity index (χ1n) is 8.55. The molecule has 0 heterocycles. The highest BCUT2D eigenvalue weighted by Crippen LogP contribution is 2.25. The Balaban J connectivity index is 2.04. The van der Waals surface area contributed by atoms with E-state index < -0.39 is 10.0 Å². The third-order valence-corrected chi connectivity index (χ3v) is 5.50. The Kier molecular flexibility index (Phi) is 6.63. The van der Waals surface area contributed by atoms with Crippen molar-refractivity contribution in [3.05, 3.63) is 53.6 Å². The van der Waals surface area contributed by atoms with Crippen molar-refractivity contribution in [3.63, 3.8) is 0 Å². The summed E-state index contributed by atoms with van der Waals surface area (Å²) in [7, 11) is -3.38. The molecular formula is C19H25N3O3S. The molecule has 6 nitrogen and oxygen atoms in total. The van der Waals surface area contributed by atoms with Crippen LogP contribution >= 0.6 is 0 Å². The number of carbonyl (C=O) groups excluding carboxylic acids is 1. The van der Waals surface area contributed by atoms with Crippen molar-refractivity contribution in [2.75, 3.05) is 21.5 Å². The standard InChI is InChI=1S/C19H25N3O3S/c1-3-13-26(24,25)22-18-10-6-9-17(14(18)2)21-19(23)12-11-15-7-4-5-8-16(15)20/h4-10,22H,3,11-13,20H2,1-2H3,(H,21,23). The van der Waals surface area contributed by atoms with E-state index in [1.807, 2.05) is 31.2 Å². The molecular weight excluding hydrogens is 350 g/mol. The molecule has 1 amide bonds. The van der Waals surface area contributed by atoms with Gasteiger partial charge in [-0.25, -0.2) is 8.42 Å². The van der Waals surface area contributed by atoms with Crippen molar-refractivity contribution in [3.8, 4) is 0 Å². The first-order valence-corrected chi connectivity index (χ1v) is 10.2. The second-order valence-electron chi connectivity index (χ2n) is 6.15. The molecule has 0 bridgehead atoms. The minimum Gasteiger partial charge on any atom is -0.399 e. The number of nitrogens with one attached hydrogen (secondary N) is 2. The Hall–Kier alpha value is -2.54. The quantitative estimate of drug-likeness (QED) is 0.616. The number of benzene rings is 2. The fourth-order valence-electron chi connectivity index (χ4n) is 2.59. The van der Waals surface area contributed by atoms with E-state index in [1.165, 1.54) is 0 Å². The van der Waals surface area contributed by atoms with Gasteiger partial charge in [0, 0.05) is 17.8 Å². The van der Waals surface area contributed by atoms with Gasteiger partial charge in [0.15, 0.2) is 0 Å². The second-order valence-corrected chi connectivity index (χ2v) is 7.99. The summed E-state index contributed by atoms with van der Waals surface area (Å²) in [6, 6.07) is 12.6. The van der Waals surface area contributed by atoms with E-state index in [2.05, 4.69) is 10.0 Å². The smallest absolute Gasteiger partial charge is 0.232 e. The van der Waals surface area contributed by atoms with Gasteiger partial charge >= 0.3 is 0 Å². The zero-order valence-electron chi connectivity index (χ0n) is 15.1. The van der Waals surface area contributed by atoms with Crippen LogP contribution in [0.3, 0.4) is 0 Å². The average Bonchev–Trinajstić information content (AvgIpc) is 2.57. The highest BCUT2D eigenvalue weighted by Gasteiger charge is 2.13. The lowest BCUT2D eigenvalue weighted by molar-refractivity contribution is -0.116. The third kappa shape index (κ3) is 5.49. The van der Waals surface area contributed by atoms with E-state index in [9.17, 15) is 13.2 Å². The van der Waals surface area contributed by atoms with E-state index >= 15 is 0 Å². The maximum Gasteiger partial charge on any atom is 0.232 e. The molecule has 0 spiro atoms. The zero-order valence-corrected chi connectivity index (χ0v) is 15.9. The monoisotopic (exact) mass is 375 g/mol. The molecule has 26 heavy (non-hydrogen) atoms. The average molecular weight is 375 g/mol. The predicted octanol–water partition coefficient (Wildman–Crippen LogP) is 3.30. The van der Waals surface area contributed by atoms with E-state index in [-0.39, 0.29) is 11.7 Å². The van der Waals surface area contributed by atoms with E-state index in [0.717, 1.165) is 5.56 Å². The van der Waals surface area contributed by atoms with Crippen LogP contribution in [-0.4, -0.2) is 20.1 Å².